The summed E-state index contributed by atoms with van der Waals surface area (Å²) in [7, 11) is 4.23. The smallest absolute Gasteiger partial charge is 0.271 e. The van der Waals surface area contributed by atoms with Crippen LogP contribution in [0.1, 0.15) is 18.9 Å². The molecule has 1 fully saturated rings. The van der Waals surface area contributed by atoms with Crippen LogP contribution in [-0.4, -0.2) is 52.5 Å². The monoisotopic (exact) mass is 385 g/mol. The Morgan fingerprint density at radius 3 is 2.74 bits per heavy atom. The first kappa shape index (κ1) is 17.9. The number of hydrogen-bond acceptors (Lipinski definition) is 6. The number of pyridine rings is 2. The number of nitrogens with zero attached hydrogens (tertiary/aromatic N) is 3. The summed E-state index contributed by atoms with van der Waals surface area (Å²) in [6.07, 6.45) is 3.72. The molecule has 4 rings (SSSR count). The zero-order valence-electron chi connectivity index (χ0n) is 15.7. The Morgan fingerprint density at radius 2 is 2.11 bits per heavy atom. The van der Waals surface area contributed by atoms with Crippen LogP contribution in [-0.2, 0) is 6.42 Å². The summed E-state index contributed by atoms with van der Waals surface area (Å²) >= 11 is 1.22. The molecule has 1 aliphatic rings. The summed E-state index contributed by atoms with van der Waals surface area (Å²) in [5.74, 6) is 0. The van der Waals surface area contributed by atoms with E-state index in [4.69, 9.17) is 0 Å². The van der Waals surface area contributed by atoms with Gasteiger partial charge in [-0.25, -0.2) is 0 Å². The van der Waals surface area contributed by atoms with Crippen molar-refractivity contribution in [2.24, 2.45) is 0 Å². The van der Waals surface area contributed by atoms with E-state index in [2.05, 4.69) is 44.3 Å². The van der Waals surface area contributed by atoms with E-state index >= 15 is 0 Å². The molecule has 0 saturated carbocycles. The molecule has 3 aromatic heterocycles. The maximum atomic E-state index is 12.4. The van der Waals surface area contributed by atoms with Gasteiger partial charge < -0.3 is 14.8 Å². The summed E-state index contributed by atoms with van der Waals surface area (Å²) in [4.78, 5) is 36.4. The van der Waals surface area contributed by atoms with E-state index in [-0.39, 0.29) is 16.5 Å². The zero-order valence-corrected chi connectivity index (χ0v) is 16.5. The third-order valence-corrected chi connectivity index (χ3v) is 6.30. The lowest BCUT2D eigenvalue weighted by atomic mass is 10.1. The van der Waals surface area contributed by atoms with Crippen LogP contribution < -0.4 is 16.0 Å². The first-order valence-corrected chi connectivity index (χ1v) is 9.95. The Morgan fingerprint density at radius 1 is 1.30 bits per heavy atom. The van der Waals surface area contributed by atoms with Gasteiger partial charge in [-0.2, -0.15) is 0 Å². The van der Waals surface area contributed by atoms with Crippen molar-refractivity contribution in [3.8, 4) is 11.4 Å². The highest BCUT2D eigenvalue weighted by Crippen LogP contribution is 2.28. The SMILES string of the molecule is CCc1c(-c2ccc(N3CCC(N(C)C)C3)cn2)[nH]c(=O)c2c(=O)[nH]sc12. The molecule has 1 aliphatic heterocycles. The van der Waals surface area contributed by atoms with E-state index in [0.717, 1.165) is 41.2 Å². The number of aromatic nitrogens is 3. The Hall–Kier alpha value is -2.45. The van der Waals surface area contributed by atoms with Crippen LogP contribution in [0, 0.1) is 0 Å². The highest BCUT2D eigenvalue weighted by molar-refractivity contribution is 7.13. The van der Waals surface area contributed by atoms with Crippen molar-refractivity contribution in [2.75, 3.05) is 32.1 Å². The molecule has 0 spiro atoms. The average Bonchev–Trinajstić information content (AvgIpc) is 3.30. The van der Waals surface area contributed by atoms with Crippen molar-refractivity contribution in [1.29, 1.82) is 0 Å². The van der Waals surface area contributed by atoms with E-state index in [0.29, 0.717) is 18.2 Å². The Kier molecular flexibility index (Phi) is 4.61. The van der Waals surface area contributed by atoms with E-state index in [1.165, 1.54) is 11.5 Å². The van der Waals surface area contributed by atoms with Crippen molar-refractivity contribution < 1.29 is 0 Å². The van der Waals surface area contributed by atoms with Crippen molar-refractivity contribution in [3.05, 3.63) is 44.6 Å². The second-order valence-corrected chi connectivity index (χ2v) is 7.97. The largest absolute Gasteiger partial charge is 0.369 e. The first-order valence-electron chi connectivity index (χ1n) is 9.13. The zero-order chi connectivity index (χ0) is 19.1. The summed E-state index contributed by atoms with van der Waals surface area (Å²) in [6, 6.07) is 4.57. The van der Waals surface area contributed by atoms with Gasteiger partial charge in [-0.1, -0.05) is 18.5 Å². The number of anilines is 1. The lowest BCUT2D eigenvalue weighted by Crippen LogP contribution is -2.31. The van der Waals surface area contributed by atoms with Crippen molar-refractivity contribution in [3.63, 3.8) is 0 Å². The standard InChI is InChI=1S/C19H23N5O2S/c1-4-13-16(21-18(25)15-17(13)27-22-19(15)26)14-6-5-11(9-20-14)24-8-7-12(10-24)23(2)3/h5-6,9,12H,4,7-8,10H2,1-3H3,(H,21,25)(H,22,26). The molecule has 8 heteroatoms. The fourth-order valence-electron chi connectivity index (χ4n) is 3.76. The van der Waals surface area contributed by atoms with Gasteiger partial charge in [0.15, 0.2) is 0 Å². The quantitative estimate of drug-likeness (QED) is 0.718. The van der Waals surface area contributed by atoms with Crippen molar-refractivity contribution in [2.45, 2.75) is 25.8 Å². The minimum atomic E-state index is -0.362. The van der Waals surface area contributed by atoms with Gasteiger partial charge in [0.2, 0.25) is 0 Å². The predicted molar refractivity (Wildman–Crippen MR) is 110 cm³/mol. The van der Waals surface area contributed by atoms with Crippen LogP contribution in [0.5, 0.6) is 0 Å². The molecule has 1 saturated heterocycles. The topological polar surface area (TPSA) is 85.1 Å². The van der Waals surface area contributed by atoms with E-state index in [1.807, 2.05) is 19.2 Å². The molecular formula is C19H23N5O2S. The number of aromatic amines is 2. The van der Waals surface area contributed by atoms with E-state index in [1.54, 1.807) is 0 Å². The highest BCUT2D eigenvalue weighted by Gasteiger charge is 2.24. The number of likely N-dealkylation sites (N-methyl/N-ethyl adjacent to an activating group) is 1. The molecule has 3 aromatic rings. The third kappa shape index (κ3) is 3.08. The van der Waals surface area contributed by atoms with Gasteiger partial charge in [0.25, 0.3) is 11.1 Å². The molecule has 27 heavy (non-hydrogen) atoms. The molecule has 0 aromatic carbocycles. The summed E-state index contributed by atoms with van der Waals surface area (Å²) in [6.45, 7) is 4.03. The highest BCUT2D eigenvalue weighted by atomic mass is 32.1. The minimum Gasteiger partial charge on any atom is -0.369 e. The Bertz CT molecular complexity index is 1080. The molecule has 1 unspecified atom stereocenters. The number of H-pyrrole nitrogens is 2. The number of rotatable bonds is 4. The van der Waals surface area contributed by atoms with Gasteiger partial charge in [0.05, 0.1) is 28.0 Å². The molecule has 0 bridgehead atoms. The van der Waals surface area contributed by atoms with Crippen LogP contribution in [0.25, 0.3) is 21.5 Å². The molecule has 1 atom stereocenters. The lowest BCUT2D eigenvalue weighted by molar-refractivity contribution is 0.315. The van der Waals surface area contributed by atoms with Gasteiger partial charge in [0.1, 0.15) is 5.39 Å². The maximum absolute atomic E-state index is 12.4. The first-order chi connectivity index (χ1) is 13.0. The van der Waals surface area contributed by atoms with Crippen LogP contribution in [0.4, 0.5) is 5.69 Å². The third-order valence-electron chi connectivity index (χ3n) is 5.36. The Balaban J connectivity index is 1.71. The molecular weight excluding hydrogens is 362 g/mol. The van der Waals surface area contributed by atoms with Gasteiger partial charge in [-0.05, 0) is 44.6 Å². The summed E-state index contributed by atoms with van der Waals surface area (Å²) in [5.41, 5.74) is 2.77. The normalized spacial score (nSPS) is 17.3. The maximum Gasteiger partial charge on any atom is 0.271 e. The van der Waals surface area contributed by atoms with E-state index in [9.17, 15) is 9.59 Å². The second-order valence-electron chi connectivity index (χ2n) is 7.15. The number of aryl methyl sites for hydroxylation is 1. The summed E-state index contributed by atoms with van der Waals surface area (Å²) in [5, 5.41) is 0.212. The van der Waals surface area contributed by atoms with Gasteiger partial charge >= 0.3 is 0 Å². The van der Waals surface area contributed by atoms with Crippen LogP contribution >= 0.6 is 11.5 Å². The van der Waals surface area contributed by atoms with Crippen molar-refractivity contribution >= 4 is 27.3 Å². The van der Waals surface area contributed by atoms with Crippen LogP contribution in [0.3, 0.4) is 0 Å². The number of hydrogen-bond donors (Lipinski definition) is 2. The molecule has 142 valence electrons. The predicted octanol–water partition coefficient (Wildman–Crippen LogP) is 2.04. The number of nitrogens with one attached hydrogen (secondary N) is 2. The van der Waals surface area contributed by atoms with Crippen LogP contribution in [0.2, 0.25) is 0 Å². The van der Waals surface area contributed by atoms with Gasteiger partial charge in [-0.15, -0.1) is 0 Å². The average molecular weight is 385 g/mol. The lowest BCUT2D eigenvalue weighted by Gasteiger charge is -2.21. The minimum absolute atomic E-state index is 0.212. The molecule has 4 heterocycles. The molecule has 2 N–H and O–H groups in total. The molecule has 0 radical (unpaired) electrons. The molecule has 0 aliphatic carbocycles. The number of fused-ring (bicyclic) bond motifs is 1. The van der Waals surface area contributed by atoms with Gasteiger partial charge in [-0.3, -0.25) is 18.9 Å². The van der Waals surface area contributed by atoms with Crippen LogP contribution in [0.15, 0.2) is 27.9 Å². The molecule has 0 amide bonds. The fourth-order valence-corrected chi connectivity index (χ4v) is 4.71. The molecule has 7 nitrogen and oxygen atoms in total. The second kappa shape index (κ2) is 6.94. The van der Waals surface area contributed by atoms with E-state index < -0.39 is 0 Å². The fraction of sp³-hybridized carbons (Fsp3) is 0.421. The summed E-state index contributed by atoms with van der Waals surface area (Å²) < 4.78 is 3.39. The van der Waals surface area contributed by atoms with Gasteiger partial charge in [0, 0.05) is 19.1 Å². The van der Waals surface area contributed by atoms with Crippen molar-refractivity contribution in [1.82, 2.24) is 19.2 Å². The Labute approximate surface area is 160 Å².